The van der Waals surface area contributed by atoms with Gasteiger partial charge >= 0.3 is 5.97 Å². The molecule has 1 saturated heterocycles. The Kier molecular flexibility index (Phi) is 1.52. The molecule has 0 aromatic heterocycles. The second-order valence-corrected chi connectivity index (χ2v) is 2.51. The topological polar surface area (TPSA) is 60.4 Å². The summed E-state index contributed by atoms with van der Waals surface area (Å²) in [4.78, 5) is 10.2. The van der Waals surface area contributed by atoms with Crippen LogP contribution in [0.5, 0.6) is 0 Å². The standard InChI is InChI=1S/C4H4O4S/c5-4-3(9(6)7)1-2-8-4/h1-2H2. The van der Waals surface area contributed by atoms with Gasteiger partial charge in [0.1, 0.15) is 0 Å². The van der Waals surface area contributed by atoms with Crippen molar-refractivity contribution < 1.29 is 17.9 Å². The van der Waals surface area contributed by atoms with Crippen LogP contribution in [0.25, 0.3) is 0 Å². The van der Waals surface area contributed by atoms with Crippen LogP contribution in [0.2, 0.25) is 0 Å². The highest BCUT2D eigenvalue weighted by Crippen LogP contribution is 1.99. The Morgan fingerprint density at radius 3 is 2.33 bits per heavy atom. The van der Waals surface area contributed by atoms with Crippen LogP contribution >= 0.6 is 0 Å². The first-order valence-electron chi connectivity index (χ1n) is 2.34. The molecule has 1 rings (SSSR count). The van der Waals surface area contributed by atoms with Crippen LogP contribution in [0, 0.1) is 0 Å². The van der Waals surface area contributed by atoms with Crippen LogP contribution < -0.4 is 0 Å². The summed E-state index contributed by atoms with van der Waals surface area (Å²) < 4.78 is 24.5. The fourth-order valence-electron chi connectivity index (χ4n) is 0.570. The van der Waals surface area contributed by atoms with Gasteiger partial charge in [-0.15, -0.1) is 0 Å². The highest BCUT2D eigenvalue weighted by Gasteiger charge is 2.21. The molecular formula is C4H4O4S. The number of hydrogen-bond donors (Lipinski definition) is 0. The summed E-state index contributed by atoms with van der Waals surface area (Å²) in [5.41, 5.74) is 0. The fourth-order valence-corrected chi connectivity index (χ4v) is 1.02. The van der Waals surface area contributed by atoms with E-state index in [1.807, 2.05) is 0 Å². The quantitative estimate of drug-likeness (QED) is 0.326. The van der Waals surface area contributed by atoms with Crippen LogP contribution in [-0.2, 0) is 19.8 Å². The number of esters is 1. The molecule has 0 atom stereocenters. The van der Waals surface area contributed by atoms with Gasteiger partial charge in [-0.3, -0.25) is 0 Å². The predicted molar refractivity (Wildman–Crippen MR) is 29.5 cm³/mol. The summed E-state index contributed by atoms with van der Waals surface area (Å²) >= 11 is 0. The summed E-state index contributed by atoms with van der Waals surface area (Å²) in [6.07, 6.45) is 0.217. The zero-order valence-electron chi connectivity index (χ0n) is 4.46. The molecule has 0 radical (unpaired) electrons. The van der Waals surface area contributed by atoms with E-state index in [2.05, 4.69) is 4.74 Å². The molecule has 1 fully saturated rings. The molecule has 9 heavy (non-hydrogen) atoms. The SMILES string of the molecule is O=C1OCCC1=S(=O)=O. The molecule has 0 bridgehead atoms. The lowest BCUT2D eigenvalue weighted by Crippen LogP contribution is -2.06. The number of rotatable bonds is 0. The van der Waals surface area contributed by atoms with Crippen molar-refractivity contribution in [2.75, 3.05) is 6.61 Å². The number of carbonyl (C=O) groups excluding carboxylic acids is 1. The first kappa shape index (κ1) is 6.28. The molecule has 5 heteroatoms. The van der Waals surface area contributed by atoms with Crippen molar-refractivity contribution in [3.05, 3.63) is 0 Å². The van der Waals surface area contributed by atoms with E-state index in [9.17, 15) is 13.2 Å². The number of carbonyl (C=O) groups is 1. The second kappa shape index (κ2) is 2.18. The van der Waals surface area contributed by atoms with Gasteiger partial charge in [0, 0.05) is 6.42 Å². The maximum atomic E-state index is 10.4. The Balaban J connectivity index is 3.12. The van der Waals surface area contributed by atoms with E-state index >= 15 is 0 Å². The largest absolute Gasteiger partial charge is 0.461 e. The van der Waals surface area contributed by atoms with Gasteiger partial charge in [0.15, 0.2) is 4.86 Å². The molecule has 0 aromatic carbocycles. The Hall–Kier alpha value is -0.840. The third kappa shape index (κ3) is 1.10. The van der Waals surface area contributed by atoms with Crippen LogP contribution in [0.15, 0.2) is 0 Å². The molecule has 0 amide bonds. The summed E-state index contributed by atoms with van der Waals surface area (Å²) in [7, 11) is -2.38. The first-order chi connectivity index (χ1) is 4.22. The molecule has 50 valence electrons. The molecule has 0 unspecified atom stereocenters. The third-order valence-electron chi connectivity index (χ3n) is 0.991. The van der Waals surface area contributed by atoms with Gasteiger partial charge in [0.05, 0.1) is 6.61 Å². The minimum absolute atomic E-state index is 0.144. The van der Waals surface area contributed by atoms with Crippen molar-refractivity contribution in [2.24, 2.45) is 0 Å². The molecule has 0 N–H and O–H groups in total. The van der Waals surface area contributed by atoms with Crippen molar-refractivity contribution in [1.29, 1.82) is 0 Å². The molecule has 1 aliphatic heterocycles. The highest BCUT2D eigenvalue weighted by molar-refractivity contribution is 7.74. The van der Waals surface area contributed by atoms with E-state index in [1.54, 1.807) is 0 Å². The van der Waals surface area contributed by atoms with Gasteiger partial charge in [-0.2, -0.15) is 8.42 Å². The summed E-state index contributed by atoms with van der Waals surface area (Å²) in [5, 5.41) is 0. The normalized spacial score (nSPS) is 17.8. The van der Waals surface area contributed by atoms with Gasteiger partial charge in [0.25, 0.3) is 0 Å². The smallest absolute Gasteiger partial charge is 0.349 e. The zero-order chi connectivity index (χ0) is 6.85. The van der Waals surface area contributed by atoms with Crippen LogP contribution in [-0.4, -0.2) is 25.9 Å². The Bertz CT molecular complexity index is 252. The maximum absolute atomic E-state index is 10.4. The predicted octanol–water partition coefficient (Wildman–Crippen LogP) is -1.02. The summed E-state index contributed by atoms with van der Waals surface area (Å²) in [6, 6.07) is 0. The van der Waals surface area contributed by atoms with Gasteiger partial charge in [-0.1, -0.05) is 0 Å². The number of cyclic esters (lactones) is 1. The minimum Gasteiger partial charge on any atom is -0.461 e. The summed E-state index contributed by atoms with van der Waals surface area (Å²) in [5.74, 6) is -0.705. The van der Waals surface area contributed by atoms with Gasteiger partial charge < -0.3 is 4.74 Å². The molecular weight excluding hydrogens is 144 g/mol. The lowest BCUT2D eigenvalue weighted by Gasteiger charge is -1.81. The Labute approximate surface area is 53.0 Å². The molecule has 0 saturated carbocycles. The van der Waals surface area contributed by atoms with Gasteiger partial charge in [-0.25, -0.2) is 4.79 Å². The van der Waals surface area contributed by atoms with E-state index in [1.165, 1.54) is 0 Å². The molecule has 0 spiro atoms. The highest BCUT2D eigenvalue weighted by atomic mass is 32.2. The molecule has 1 aliphatic rings. The third-order valence-corrected chi connectivity index (χ3v) is 1.76. The lowest BCUT2D eigenvalue weighted by molar-refractivity contribution is -0.132. The van der Waals surface area contributed by atoms with E-state index < -0.39 is 16.3 Å². The van der Waals surface area contributed by atoms with E-state index in [0.29, 0.717) is 0 Å². The van der Waals surface area contributed by atoms with Crippen molar-refractivity contribution in [3.63, 3.8) is 0 Å². The summed E-state index contributed by atoms with van der Waals surface area (Å²) in [6.45, 7) is 0.197. The average Bonchev–Trinajstić information content (AvgIpc) is 2.13. The van der Waals surface area contributed by atoms with Crippen molar-refractivity contribution in [2.45, 2.75) is 6.42 Å². The van der Waals surface area contributed by atoms with Crippen molar-refractivity contribution in [3.8, 4) is 0 Å². The monoisotopic (exact) mass is 148 g/mol. The van der Waals surface area contributed by atoms with Crippen LogP contribution in [0.4, 0.5) is 0 Å². The average molecular weight is 148 g/mol. The first-order valence-corrected chi connectivity index (χ1v) is 3.41. The molecule has 4 nitrogen and oxygen atoms in total. The van der Waals surface area contributed by atoms with E-state index in [-0.39, 0.29) is 17.9 Å². The van der Waals surface area contributed by atoms with Crippen LogP contribution in [0.3, 0.4) is 0 Å². The van der Waals surface area contributed by atoms with Gasteiger partial charge in [0.2, 0.25) is 10.3 Å². The number of hydrogen-bond acceptors (Lipinski definition) is 4. The maximum Gasteiger partial charge on any atom is 0.349 e. The molecule has 0 aromatic rings. The molecule has 1 heterocycles. The van der Waals surface area contributed by atoms with Crippen molar-refractivity contribution >= 4 is 21.1 Å². The fraction of sp³-hybridized carbons (Fsp3) is 0.500. The zero-order valence-corrected chi connectivity index (χ0v) is 5.27. The second-order valence-electron chi connectivity index (χ2n) is 1.54. The molecule has 0 aliphatic carbocycles. The number of ether oxygens (including phenoxy) is 1. The Morgan fingerprint density at radius 2 is 2.11 bits per heavy atom. The van der Waals surface area contributed by atoms with Gasteiger partial charge in [-0.05, 0) is 0 Å². The van der Waals surface area contributed by atoms with E-state index in [4.69, 9.17) is 0 Å². The van der Waals surface area contributed by atoms with Crippen LogP contribution in [0.1, 0.15) is 6.42 Å². The Morgan fingerprint density at radius 1 is 1.44 bits per heavy atom. The van der Waals surface area contributed by atoms with E-state index in [0.717, 1.165) is 0 Å². The lowest BCUT2D eigenvalue weighted by atomic mass is 10.4. The minimum atomic E-state index is -2.38. The van der Waals surface area contributed by atoms with Crippen molar-refractivity contribution in [1.82, 2.24) is 0 Å².